The van der Waals surface area contributed by atoms with Crippen LogP contribution in [0.4, 0.5) is 33.6 Å². The highest BCUT2D eigenvalue weighted by molar-refractivity contribution is 7.87. The third-order valence-corrected chi connectivity index (χ3v) is 14.7. The van der Waals surface area contributed by atoms with E-state index in [1.165, 1.54) is 18.2 Å². The van der Waals surface area contributed by atoms with Crippen molar-refractivity contribution in [3.05, 3.63) is 83.5 Å². The second kappa shape index (κ2) is 19.0. The highest BCUT2D eigenvalue weighted by atomic mass is 35.5. The summed E-state index contributed by atoms with van der Waals surface area (Å²) in [6, 6.07) is 11.3. The molecule has 7 rings (SSSR count). The number of hydrogen-bond donors (Lipinski definition) is 7. The standard InChI is InChI=1S/C36H28ClN9O18S6/c1-17-9-27(29(64-7-2-8-66(49,50)51)15-26(17)42-45-36-39-32-30(65-36)10-18(37)11-31(32)69(58,59)60)43-40-24-5-4-23-22(33(24)47)3-6-25(34(23)70(61,62)63)41-44-28-16-38-46(35(28)48)19-12-20(67(52,53)54)14-21(13-19)68(55,56)57/h3-6,9-16,47-48H,2,7-8H2,1H3,(H,49,50,51)(H,52,53,54)(H,55,56,57)(H,58,59,60)(H,61,62,63). The molecular formula is C36H28ClN9O18S6. The third-order valence-electron chi connectivity index (χ3n) is 9.32. The highest BCUT2D eigenvalue weighted by Crippen LogP contribution is 2.44. The van der Waals surface area contributed by atoms with Crippen molar-refractivity contribution in [1.29, 1.82) is 0 Å². The maximum Gasteiger partial charge on any atom is 0.297 e. The summed E-state index contributed by atoms with van der Waals surface area (Å²) in [6.07, 6.45) is 0.638. The first-order valence-electron chi connectivity index (χ1n) is 18.7. The maximum atomic E-state index is 12.8. The van der Waals surface area contributed by atoms with Crippen LogP contribution in [-0.4, -0.2) is 102 Å². The average molecular weight is 1100 g/mol. The van der Waals surface area contributed by atoms with Crippen molar-refractivity contribution in [3.63, 3.8) is 0 Å². The fourth-order valence-electron chi connectivity index (χ4n) is 6.23. The number of benzene rings is 5. The molecule has 0 aliphatic carbocycles. The lowest BCUT2D eigenvalue weighted by atomic mass is 10.1. The first kappa shape index (κ1) is 51.4. The van der Waals surface area contributed by atoms with Gasteiger partial charge in [0.1, 0.15) is 38.1 Å². The second-order valence-corrected chi connectivity index (χ2v) is 22.8. The highest BCUT2D eigenvalue weighted by Gasteiger charge is 2.25. The molecule has 368 valence electrons. The van der Waals surface area contributed by atoms with Crippen LogP contribution < -0.4 is 4.74 Å². The predicted molar refractivity (Wildman–Crippen MR) is 245 cm³/mol. The summed E-state index contributed by atoms with van der Waals surface area (Å²) in [5.41, 5.74) is -1.50. The number of fused-ring (bicyclic) bond motifs is 2. The van der Waals surface area contributed by atoms with Gasteiger partial charge in [-0.1, -0.05) is 29.0 Å². The molecule has 0 atom stereocenters. The van der Waals surface area contributed by atoms with Crippen molar-refractivity contribution in [1.82, 2.24) is 14.8 Å². The number of azo groups is 3. The molecule has 34 heteroatoms. The summed E-state index contributed by atoms with van der Waals surface area (Å²) >= 11 is 6.92. The van der Waals surface area contributed by atoms with Crippen LogP contribution in [-0.2, 0) is 50.6 Å². The fraction of sp³-hybridized carbons (Fsp3) is 0.111. The zero-order valence-corrected chi connectivity index (χ0v) is 40.2. The Labute approximate surface area is 402 Å². The topological polar surface area (TPSA) is 426 Å². The molecule has 0 radical (unpaired) electrons. The van der Waals surface area contributed by atoms with Crippen molar-refractivity contribution in [3.8, 4) is 23.1 Å². The van der Waals surface area contributed by atoms with Gasteiger partial charge >= 0.3 is 0 Å². The summed E-state index contributed by atoms with van der Waals surface area (Å²) in [5, 5.41) is 49.3. The van der Waals surface area contributed by atoms with Gasteiger partial charge in [-0.05, 0) is 73.5 Å². The first-order chi connectivity index (χ1) is 32.5. The lowest BCUT2D eigenvalue weighted by Crippen LogP contribution is -2.08. The van der Waals surface area contributed by atoms with Crippen LogP contribution in [0, 0.1) is 6.92 Å². The molecule has 7 aromatic rings. The molecule has 2 aromatic heterocycles. The molecule has 0 spiro atoms. The molecule has 7 N–H and O–H groups in total. The number of rotatable bonds is 16. The smallest absolute Gasteiger partial charge is 0.297 e. The van der Waals surface area contributed by atoms with Crippen LogP contribution in [0.1, 0.15) is 12.0 Å². The number of ether oxygens (including phenoxy) is 1. The second-order valence-electron chi connectivity index (χ2n) is 14.2. The van der Waals surface area contributed by atoms with Crippen molar-refractivity contribution in [2.45, 2.75) is 32.9 Å². The van der Waals surface area contributed by atoms with Crippen molar-refractivity contribution < 1.29 is 79.8 Å². The van der Waals surface area contributed by atoms with Crippen LogP contribution in [0.25, 0.3) is 26.7 Å². The van der Waals surface area contributed by atoms with E-state index in [2.05, 4.69) is 40.8 Å². The largest absolute Gasteiger partial charge is 0.505 e. The Morgan fingerprint density at radius 2 is 1.26 bits per heavy atom. The predicted octanol–water partition coefficient (Wildman–Crippen LogP) is 7.90. The number of nitrogens with zero attached hydrogens (tertiary/aromatic N) is 9. The minimum Gasteiger partial charge on any atom is -0.505 e. The Morgan fingerprint density at radius 3 is 1.89 bits per heavy atom. The van der Waals surface area contributed by atoms with E-state index < -0.39 is 105 Å². The van der Waals surface area contributed by atoms with Gasteiger partial charge < -0.3 is 14.9 Å². The van der Waals surface area contributed by atoms with Gasteiger partial charge in [0.25, 0.3) is 50.6 Å². The minimum atomic E-state index is -5.20. The number of thiazole rings is 1. The van der Waals surface area contributed by atoms with E-state index in [9.17, 15) is 75.1 Å². The van der Waals surface area contributed by atoms with Crippen molar-refractivity contribution in [2.75, 3.05) is 12.4 Å². The summed E-state index contributed by atoms with van der Waals surface area (Å²) < 4.78 is 174. The zero-order chi connectivity index (χ0) is 51.3. The number of hydrogen-bond acceptors (Lipinski definition) is 22. The van der Waals surface area contributed by atoms with Gasteiger partial charge in [-0.2, -0.15) is 51.9 Å². The van der Waals surface area contributed by atoms with E-state index in [4.69, 9.17) is 16.3 Å². The number of aryl methyl sites for hydroxylation is 1. The van der Waals surface area contributed by atoms with E-state index in [1.807, 2.05) is 0 Å². The molecular weight excluding hydrogens is 1070 g/mol. The van der Waals surface area contributed by atoms with Crippen LogP contribution in [0.3, 0.4) is 0 Å². The van der Waals surface area contributed by atoms with Crippen LogP contribution >= 0.6 is 22.9 Å². The van der Waals surface area contributed by atoms with E-state index in [0.717, 1.165) is 47.9 Å². The molecule has 0 saturated heterocycles. The van der Waals surface area contributed by atoms with Crippen molar-refractivity contribution >= 4 is 128 Å². The number of phenols is 1. The van der Waals surface area contributed by atoms with Gasteiger partial charge in [0, 0.05) is 21.9 Å². The summed E-state index contributed by atoms with van der Waals surface area (Å²) in [6.45, 7) is 1.29. The Morgan fingerprint density at radius 1 is 0.657 bits per heavy atom. The molecule has 0 bridgehead atoms. The summed E-state index contributed by atoms with van der Waals surface area (Å²) in [5.74, 6) is -2.34. The normalized spacial score (nSPS) is 13.2. The molecule has 0 amide bonds. The quantitative estimate of drug-likeness (QED) is 0.0274. The van der Waals surface area contributed by atoms with E-state index >= 15 is 0 Å². The van der Waals surface area contributed by atoms with Crippen molar-refractivity contribution in [2.24, 2.45) is 30.7 Å². The van der Waals surface area contributed by atoms with Gasteiger partial charge in [-0.3, -0.25) is 22.8 Å². The molecule has 0 aliphatic rings. The number of phenolic OH excluding ortho intramolecular Hbond substituents is 1. The van der Waals surface area contributed by atoms with Gasteiger partial charge in [0.15, 0.2) is 11.4 Å². The minimum absolute atomic E-state index is 0.00253. The molecule has 70 heavy (non-hydrogen) atoms. The Hall–Kier alpha value is -6.50. The number of aromatic nitrogens is 3. The SMILES string of the molecule is Cc1cc(N=Nc2ccc3c(S(=O)(=O)O)c(N=Nc4cnn(-c5cc(S(=O)(=O)O)cc(S(=O)(=O)O)c5)c4O)ccc3c2O)c(OCCCS(=O)(=O)O)cc1N=Nc1nc2c(S(=O)(=O)O)cc(Cl)cc2s1. The molecule has 0 unspecified atom stereocenters. The lowest BCUT2D eigenvalue weighted by Gasteiger charge is -2.11. The van der Waals surface area contributed by atoms with Crippen LogP contribution in [0.2, 0.25) is 5.02 Å². The van der Waals surface area contributed by atoms with Gasteiger partial charge in [-0.25, -0.2) is 4.98 Å². The fourth-order valence-corrected chi connectivity index (χ4v) is 10.7. The van der Waals surface area contributed by atoms with Crippen LogP contribution in [0.15, 0.2) is 123 Å². The Bertz CT molecular complexity index is 3940. The molecule has 0 aliphatic heterocycles. The van der Waals surface area contributed by atoms with Gasteiger partial charge in [0.2, 0.25) is 11.0 Å². The first-order valence-corrected chi connectivity index (χ1v) is 27.2. The number of aromatic hydroxyl groups is 2. The summed E-state index contributed by atoms with van der Waals surface area (Å²) in [4.78, 5) is 0.674. The summed E-state index contributed by atoms with van der Waals surface area (Å²) in [7, 11) is -24.4. The molecule has 0 saturated carbocycles. The monoisotopic (exact) mass is 1100 g/mol. The van der Waals surface area contributed by atoms with Gasteiger partial charge in [0.05, 0.1) is 44.4 Å². The maximum absolute atomic E-state index is 12.8. The average Bonchev–Trinajstić information content (AvgIpc) is 3.83. The molecule has 2 heterocycles. The van der Waals surface area contributed by atoms with Crippen LogP contribution in [0.5, 0.6) is 17.4 Å². The van der Waals surface area contributed by atoms with Gasteiger partial charge in [-0.15, -0.1) is 30.7 Å². The molecule has 27 nitrogen and oxygen atoms in total. The Kier molecular flexibility index (Phi) is 13.9. The Balaban J connectivity index is 1.22. The molecule has 5 aromatic carbocycles. The van der Waals surface area contributed by atoms with E-state index in [1.54, 1.807) is 6.92 Å². The van der Waals surface area contributed by atoms with E-state index in [-0.39, 0.29) is 67.0 Å². The molecule has 0 fully saturated rings. The van der Waals surface area contributed by atoms with E-state index in [0.29, 0.717) is 28.4 Å². The zero-order valence-electron chi connectivity index (χ0n) is 34.5. The lowest BCUT2D eigenvalue weighted by molar-refractivity contribution is 0.317. The number of halogens is 1. The third kappa shape index (κ3) is 11.6.